The van der Waals surface area contributed by atoms with E-state index in [-0.39, 0.29) is 0 Å². The number of rotatable bonds is 5. The maximum Gasteiger partial charge on any atom is 0.468 e. The molecule has 0 bridgehead atoms. The quantitative estimate of drug-likeness (QED) is 0.175. The van der Waals surface area contributed by atoms with Crippen molar-refractivity contribution in [2.75, 3.05) is 0 Å². The lowest BCUT2D eigenvalue weighted by molar-refractivity contribution is 0.309. The summed E-state index contributed by atoms with van der Waals surface area (Å²) in [5.41, 5.74) is 4.15. The van der Waals surface area contributed by atoms with Crippen LogP contribution in [0.2, 0.25) is 0 Å². The molecule has 1 saturated heterocycles. The Bertz CT molecular complexity index is 2370. The third-order valence-electron chi connectivity index (χ3n) is 8.71. The molecule has 9 heteroatoms. The fraction of sp³-hybridized carbons (Fsp3) is 0.0270. The van der Waals surface area contributed by atoms with E-state index in [1.54, 1.807) is 34.0 Å². The van der Waals surface area contributed by atoms with Crippen LogP contribution in [0.1, 0.15) is 17.4 Å². The third-order valence-corrected chi connectivity index (χ3v) is 12.4. The zero-order chi connectivity index (χ0) is 30.8. The van der Waals surface area contributed by atoms with Gasteiger partial charge in [-0.25, -0.2) is 0 Å². The van der Waals surface area contributed by atoms with Gasteiger partial charge in [0.25, 0.3) is 0 Å². The molecule has 0 N–H and O–H groups in total. The second kappa shape index (κ2) is 11.4. The minimum atomic E-state index is -0.656. The Morgan fingerprint density at radius 1 is 0.522 bits per heavy atom. The van der Waals surface area contributed by atoms with E-state index in [9.17, 15) is 0 Å². The van der Waals surface area contributed by atoms with Crippen molar-refractivity contribution in [1.82, 2.24) is 0 Å². The minimum absolute atomic E-state index is 0.644. The van der Waals surface area contributed by atoms with Crippen molar-refractivity contribution in [3.63, 3.8) is 0 Å². The van der Waals surface area contributed by atoms with Gasteiger partial charge in [0, 0.05) is 39.1 Å². The second-order valence-corrected chi connectivity index (χ2v) is 14.5. The number of hydrogen-bond donors (Lipinski definition) is 0. The van der Waals surface area contributed by atoms with Gasteiger partial charge in [-0.1, -0.05) is 110 Å². The van der Waals surface area contributed by atoms with Crippen molar-refractivity contribution in [2.24, 2.45) is 0 Å². The van der Waals surface area contributed by atoms with Crippen LogP contribution in [0, 0.1) is 0 Å². The average Bonchev–Trinajstić information content (AvgIpc) is 3.79. The summed E-state index contributed by atoms with van der Waals surface area (Å²) < 4.78 is 26.6. The summed E-state index contributed by atoms with van der Waals surface area (Å²) in [6.07, 6.45) is 6.16. The summed E-state index contributed by atoms with van der Waals surface area (Å²) in [7, 11) is -1.94. The summed E-state index contributed by atoms with van der Waals surface area (Å²) in [6, 6.07) is 36.3. The molecule has 8 aromatic rings. The van der Waals surface area contributed by atoms with Crippen LogP contribution in [0.3, 0.4) is 0 Å². The smallest absolute Gasteiger partial charge is 0.445 e. The first kappa shape index (κ1) is 28.3. The first-order valence-corrected chi connectivity index (χ1v) is 17.7. The lowest BCUT2D eigenvalue weighted by Crippen LogP contribution is -2.61. The summed E-state index contributed by atoms with van der Waals surface area (Å²) in [4.78, 5) is 1.17. The van der Waals surface area contributed by atoms with Crippen LogP contribution in [0.5, 0.6) is 0 Å². The van der Waals surface area contributed by atoms with Crippen LogP contribution in [-0.2, 0) is 13.7 Å². The molecule has 5 aromatic carbocycles. The zero-order valence-corrected chi connectivity index (χ0v) is 27.4. The van der Waals surface area contributed by atoms with Crippen LogP contribution in [-0.4, -0.2) is 21.4 Å². The van der Waals surface area contributed by atoms with Crippen LogP contribution in [0.15, 0.2) is 116 Å². The van der Waals surface area contributed by atoms with Gasteiger partial charge in [0.2, 0.25) is 0 Å². The third kappa shape index (κ3) is 4.46. The molecule has 4 heterocycles. The highest BCUT2D eigenvalue weighted by atomic mass is 32.1. The Morgan fingerprint density at radius 3 is 1.43 bits per heavy atom. The highest BCUT2D eigenvalue weighted by Crippen LogP contribution is 2.36. The number of benzene rings is 5. The topological polar surface area (TPSA) is 27.7 Å². The summed E-state index contributed by atoms with van der Waals surface area (Å²) in [5.74, 6) is 0. The standard InChI is InChI=1S/C37H25B3O3S3/c1-3-12-32-23(4-2)26-15-9-18-29(35(26)44-32)38-41-39(30-19-10-16-27-24-13-5-7-21-33(24)45-36(27)30)43-40(42-38)31-20-11-17-28-25-14-6-8-22-34(25)46-37(28)31/h3-22H,2H2,1H3/b12-3-. The fourth-order valence-electron chi connectivity index (χ4n) is 6.63. The van der Waals surface area contributed by atoms with Crippen LogP contribution in [0.4, 0.5) is 0 Å². The zero-order valence-electron chi connectivity index (χ0n) is 24.9. The lowest BCUT2D eigenvalue weighted by atomic mass is 9.61. The van der Waals surface area contributed by atoms with Crippen molar-refractivity contribution in [2.45, 2.75) is 6.92 Å². The number of fused-ring (bicyclic) bond motifs is 7. The van der Waals surface area contributed by atoms with Gasteiger partial charge in [-0.15, -0.1) is 34.0 Å². The first-order valence-electron chi connectivity index (χ1n) is 15.3. The summed E-state index contributed by atoms with van der Waals surface area (Å²) in [5, 5.41) is 6.07. The summed E-state index contributed by atoms with van der Waals surface area (Å²) in [6.45, 7) is 6.17. The molecular formula is C37H25B3O3S3. The Morgan fingerprint density at radius 2 is 0.957 bits per heavy atom. The molecular weight excluding hydrogens is 621 g/mol. The highest BCUT2D eigenvalue weighted by molar-refractivity contribution is 7.28. The molecule has 0 spiro atoms. The second-order valence-electron chi connectivity index (χ2n) is 11.4. The predicted molar refractivity (Wildman–Crippen MR) is 205 cm³/mol. The molecule has 0 radical (unpaired) electrons. The van der Waals surface area contributed by atoms with Crippen molar-refractivity contribution < 1.29 is 13.7 Å². The van der Waals surface area contributed by atoms with E-state index in [1.807, 2.05) is 13.0 Å². The van der Waals surface area contributed by atoms with Crippen molar-refractivity contribution in [3.05, 3.63) is 126 Å². The molecule has 1 fully saturated rings. The van der Waals surface area contributed by atoms with E-state index in [2.05, 4.69) is 122 Å². The molecule has 3 nitrogen and oxygen atoms in total. The SMILES string of the molecule is C=Cc1c(/C=C\C)sc2c(B3OB(c4cccc5c4sc4ccccc45)OB(c4cccc5c4sc4ccccc45)O3)cccc12. The molecule has 0 atom stereocenters. The largest absolute Gasteiger partial charge is 0.468 e. The molecule has 1 aliphatic heterocycles. The van der Waals surface area contributed by atoms with Gasteiger partial charge >= 0.3 is 21.4 Å². The molecule has 0 amide bonds. The molecule has 3 aromatic heterocycles. The maximum absolute atomic E-state index is 6.86. The van der Waals surface area contributed by atoms with Crippen LogP contribution >= 0.6 is 34.0 Å². The van der Waals surface area contributed by atoms with E-state index in [1.165, 1.54) is 45.2 Å². The van der Waals surface area contributed by atoms with Crippen molar-refractivity contribution >= 4 is 134 Å². The Kier molecular flexibility index (Phi) is 7.00. The molecule has 218 valence electrons. The monoisotopic (exact) mass is 646 g/mol. The van der Waals surface area contributed by atoms with Gasteiger partial charge in [0.1, 0.15) is 0 Å². The Hall–Kier alpha value is -3.95. The van der Waals surface area contributed by atoms with Gasteiger partial charge in [-0.05, 0) is 63.2 Å². The van der Waals surface area contributed by atoms with E-state index in [4.69, 9.17) is 13.7 Å². The molecule has 0 aliphatic carbocycles. The van der Waals surface area contributed by atoms with Crippen molar-refractivity contribution in [3.8, 4) is 0 Å². The highest BCUT2D eigenvalue weighted by Gasteiger charge is 2.45. The van der Waals surface area contributed by atoms with E-state index in [0.717, 1.165) is 32.0 Å². The van der Waals surface area contributed by atoms with Gasteiger partial charge in [-0.3, -0.25) is 0 Å². The van der Waals surface area contributed by atoms with Crippen LogP contribution in [0.25, 0.3) is 62.6 Å². The van der Waals surface area contributed by atoms with Crippen molar-refractivity contribution in [1.29, 1.82) is 0 Å². The maximum atomic E-state index is 6.86. The fourth-order valence-corrected chi connectivity index (χ4v) is 10.4. The molecule has 1 aliphatic rings. The average molecular weight is 646 g/mol. The Balaban J connectivity index is 1.23. The van der Waals surface area contributed by atoms with Crippen LogP contribution < -0.4 is 16.4 Å². The first-order chi connectivity index (χ1) is 22.7. The lowest BCUT2D eigenvalue weighted by Gasteiger charge is -2.32. The van der Waals surface area contributed by atoms with E-state index < -0.39 is 21.4 Å². The summed E-state index contributed by atoms with van der Waals surface area (Å²) >= 11 is 5.31. The van der Waals surface area contributed by atoms with Gasteiger partial charge in [0.15, 0.2) is 0 Å². The molecule has 0 saturated carbocycles. The number of thiophene rings is 3. The normalized spacial score (nSPS) is 14.2. The number of hydrogen-bond acceptors (Lipinski definition) is 6. The molecule has 9 rings (SSSR count). The van der Waals surface area contributed by atoms with E-state index in [0.29, 0.717) is 0 Å². The number of allylic oxidation sites excluding steroid dienone is 1. The minimum Gasteiger partial charge on any atom is -0.445 e. The van der Waals surface area contributed by atoms with Gasteiger partial charge < -0.3 is 13.7 Å². The molecule has 46 heavy (non-hydrogen) atoms. The van der Waals surface area contributed by atoms with E-state index >= 15 is 0 Å². The Labute approximate surface area is 279 Å². The van der Waals surface area contributed by atoms with Gasteiger partial charge in [-0.2, -0.15) is 0 Å². The van der Waals surface area contributed by atoms with Gasteiger partial charge in [0.05, 0.1) is 0 Å². The molecule has 0 unspecified atom stereocenters. The predicted octanol–water partition coefficient (Wildman–Crippen LogP) is 8.86.